The predicted molar refractivity (Wildman–Crippen MR) is 119 cm³/mol. The summed E-state index contributed by atoms with van der Waals surface area (Å²) in [6, 6.07) is 13.8. The lowest BCUT2D eigenvalue weighted by atomic mass is 10.1. The van der Waals surface area contributed by atoms with Crippen LogP contribution in [0.15, 0.2) is 48.5 Å². The van der Waals surface area contributed by atoms with Crippen LogP contribution in [-0.2, 0) is 16.1 Å². The number of carbonyl (C=O) groups excluding carboxylic acids is 2. The number of amides is 2. The highest BCUT2D eigenvalue weighted by Gasteiger charge is 2.27. The number of hydrogen-bond donors (Lipinski definition) is 1. The molecule has 0 spiro atoms. The topological polar surface area (TPSA) is 77.1 Å². The van der Waals surface area contributed by atoms with Crippen molar-refractivity contribution in [2.24, 2.45) is 0 Å². The first kappa shape index (κ1) is 24.1. The molecule has 0 fully saturated rings. The lowest BCUT2D eigenvalue weighted by molar-refractivity contribution is -0.142. The molecular weight excluding hydrogens is 396 g/mol. The Bertz CT molecular complexity index is 853. The Morgan fingerprint density at radius 2 is 1.61 bits per heavy atom. The number of methoxy groups -OCH3 is 2. The molecule has 2 aromatic rings. The van der Waals surface area contributed by atoms with Gasteiger partial charge >= 0.3 is 0 Å². The summed E-state index contributed by atoms with van der Waals surface area (Å²) in [6.07, 6.45) is 0.808. The minimum atomic E-state index is -0.660. The number of carbonyl (C=O) groups is 2. The van der Waals surface area contributed by atoms with Crippen molar-refractivity contribution in [2.45, 2.75) is 45.8 Å². The van der Waals surface area contributed by atoms with Crippen LogP contribution in [0, 0.1) is 0 Å². The first-order valence-corrected chi connectivity index (χ1v) is 10.4. The molecule has 1 N–H and O–H groups in total. The smallest absolute Gasteiger partial charge is 0.261 e. The Kier molecular flexibility index (Phi) is 9.18. The number of nitrogens with one attached hydrogen (secondary N) is 1. The Hall–Kier alpha value is -3.22. The highest BCUT2D eigenvalue weighted by molar-refractivity contribution is 5.88. The summed E-state index contributed by atoms with van der Waals surface area (Å²) in [5.41, 5.74) is 0.861. The zero-order valence-corrected chi connectivity index (χ0v) is 18.9. The highest BCUT2D eigenvalue weighted by atomic mass is 16.5. The molecule has 2 atom stereocenters. The number of benzene rings is 2. The fourth-order valence-electron chi connectivity index (χ4n) is 2.92. The normalized spacial score (nSPS) is 12.4. The number of nitrogens with zero attached hydrogens (tertiary/aromatic N) is 1. The van der Waals surface area contributed by atoms with Crippen LogP contribution < -0.4 is 19.5 Å². The Morgan fingerprint density at radius 3 is 2.23 bits per heavy atom. The molecule has 0 aliphatic heterocycles. The van der Waals surface area contributed by atoms with E-state index in [4.69, 9.17) is 14.2 Å². The second kappa shape index (κ2) is 11.8. The fraction of sp³-hybridized carbons (Fsp3) is 0.417. The standard InChI is InChI=1S/C24H32N2O5/c1-6-17(2)25-24(28)18(3)26(15-19-8-7-9-22(14-19)30-5)23(27)16-31-21-12-10-20(29-4)11-13-21/h7-14,17-18H,6,15-16H2,1-5H3,(H,25,28). The van der Waals surface area contributed by atoms with Crippen LogP contribution in [0.5, 0.6) is 17.2 Å². The molecule has 0 heterocycles. The van der Waals surface area contributed by atoms with Gasteiger partial charge in [-0.2, -0.15) is 0 Å². The van der Waals surface area contributed by atoms with Crippen molar-refractivity contribution in [3.8, 4) is 17.2 Å². The lowest BCUT2D eigenvalue weighted by Crippen LogP contribution is -2.50. The Morgan fingerprint density at radius 1 is 0.968 bits per heavy atom. The average Bonchev–Trinajstić information content (AvgIpc) is 2.80. The first-order valence-electron chi connectivity index (χ1n) is 10.4. The zero-order chi connectivity index (χ0) is 22.8. The average molecular weight is 429 g/mol. The molecule has 2 unspecified atom stereocenters. The summed E-state index contributed by atoms with van der Waals surface area (Å²) in [4.78, 5) is 27.3. The summed E-state index contributed by atoms with van der Waals surface area (Å²) < 4.78 is 16.1. The second-order valence-electron chi connectivity index (χ2n) is 7.33. The summed E-state index contributed by atoms with van der Waals surface area (Å²) in [5.74, 6) is 1.46. The summed E-state index contributed by atoms with van der Waals surface area (Å²) >= 11 is 0. The van der Waals surface area contributed by atoms with Crippen LogP contribution in [0.1, 0.15) is 32.8 Å². The first-order chi connectivity index (χ1) is 14.9. The number of hydrogen-bond acceptors (Lipinski definition) is 5. The highest BCUT2D eigenvalue weighted by Crippen LogP contribution is 2.19. The molecule has 2 aromatic carbocycles. The van der Waals surface area contributed by atoms with E-state index < -0.39 is 6.04 Å². The SMILES string of the molecule is CCC(C)NC(=O)C(C)N(Cc1cccc(OC)c1)C(=O)COc1ccc(OC)cc1. The van der Waals surface area contributed by atoms with Crippen molar-refractivity contribution in [3.05, 3.63) is 54.1 Å². The molecule has 0 saturated heterocycles. The zero-order valence-electron chi connectivity index (χ0n) is 18.9. The van der Waals surface area contributed by atoms with E-state index >= 15 is 0 Å². The van der Waals surface area contributed by atoms with Crippen LogP contribution in [0.3, 0.4) is 0 Å². The molecule has 2 amide bonds. The van der Waals surface area contributed by atoms with Crippen molar-refractivity contribution in [1.82, 2.24) is 10.2 Å². The monoisotopic (exact) mass is 428 g/mol. The van der Waals surface area contributed by atoms with Crippen molar-refractivity contribution < 1.29 is 23.8 Å². The third-order valence-electron chi connectivity index (χ3n) is 5.08. The van der Waals surface area contributed by atoms with Gasteiger partial charge in [-0.1, -0.05) is 19.1 Å². The summed E-state index contributed by atoms with van der Waals surface area (Å²) in [7, 11) is 3.18. The third kappa shape index (κ3) is 7.20. The number of ether oxygens (including phenoxy) is 3. The van der Waals surface area contributed by atoms with Gasteiger partial charge in [0.1, 0.15) is 23.3 Å². The van der Waals surface area contributed by atoms with E-state index in [2.05, 4.69) is 5.32 Å². The summed E-state index contributed by atoms with van der Waals surface area (Å²) in [6.45, 7) is 5.74. The van der Waals surface area contributed by atoms with Gasteiger partial charge in [-0.25, -0.2) is 0 Å². The summed E-state index contributed by atoms with van der Waals surface area (Å²) in [5, 5.41) is 2.95. The van der Waals surface area contributed by atoms with Gasteiger partial charge in [0, 0.05) is 12.6 Å². The van der Waals surface area contributed by atoms with Crippen molar-refractivity contribution in [2.75, 3.05) is 20.8 Å². The largest absolute Gasteiger partial charge is 0.497 e. The molecule has 168 valence electrons. The molecule has 0 aliphatic carbocycles. The van der Waals surface area contributed by atoms with Crippen molar-refractivity contribution in [1.29, 1.82) is 0 Å². The van der Waals surface area contributed by atoms with E-state index in [1.54, 1.807) is 45.4 Å². The quantitative estimate of drug-likeness (QED) is 0.594. The van der Waals surface area contributed by atoms with Crippen molar-refractivity contribution in [3.63, 3.8) is 0 Å². The lowest BCUT2D eigenvalue weighted by Gasteiger charge is -2.29. The molecule has 0 radical (unpaired) electrons. The van der Waals surface area contributed by atoms with E-state index in [9.17, 15) is 9.59 Å². The fourth-order valence-corrected chi connectivity index (χ4v) is 2.92. The molecule has 0 bridgehead atoms. The van der Waals surface area contributed by atoms with E-state index in [0.29, 0.717) is 17.2 Å². The molecule has 0 aliphatic rings. The Labute approximate surface area is 184 Å². The van der Waals surface area contributed by atoms with E-state index in [1.807, 2.05) is 38.1 Å². The van der Waals surface area contributed by atoms with Gasteiger partial charge < -0.3 is 24.4 Å². The minimum Gasteiger partial charge on any atom is -0.497 e. The minimum absolute atomic E-state index is 0.0271. The van der Waals surface area contributed by atoms with E-state index in [1.165, 1.54) is 4.90 Å². The van der Waals surface area contributed by atoms with Crippen LogP contribution >= 0.6 is 0 Å². The molecule has 31 heavy (non-hydrogen) atoms. The Balaban J connectivity index is 2.15. The molecular formula is C24H32N2O5. The molecule has 7 nitrogen and oxygen atoms in total. The van der Waals surface area contributed by atoms with Crippen LogP contribution in [-0.4, -0.2) is 49.6 Å². The van der Waals surface area contributed by atoms with Gasteiger partial charge in [0.2, 0.25) is 5.91 Å². The maximum absolute atomic E-state index is 13.1. The molecule has 0 saturated carbocycles. The van der Waals surface area contributed by atoms with Gasteiger partial charge in [-0.15, -0.1) is 0 Å². The van der Waals surface area contributed by atoms with Gasteiger partial charge in [0.05, 0.1) is 14.2 Å². The van der Waals surface area contributed by atoms with E-state index in [-0.39, 0.29) is 31.0 Å². The van der Waals surface area contributed by atoms with Gasteiger partial charge in [-0.3, -0.25) is 9.59 Å². The van der Waals surface area contributed by atoms with E-state index in [0.717, 1.165) is 12.0 Å². The molecule has 0 aromatic heterocycles. The van der Waals surface area contributed by atoms with Gasteiger partial charge in [0.15, 0.2) is 6.61 Å². The van der Waals surface area contributed by atoms with Crippen molar-refractivity contribution >= 4 is 11.8 Å². The maximum atomic E-state index is 13.1. The maximum Gasteiger partial charge on any atom is 0.261 e. The predicted octanol–water partition coefficient (Wildman–Crippen LogP) is 3.41. The van der Waals surface area contributed by atoms with Crippen LogP contribution in [0.4, 0.5) is 0 Å². The molecule has 7 heteroatoms. The third-order valence-corrected chi connectivity index (χ3v) is 5.08. The van der Waals surface area contributed by atoms with Gasteiger partial charge in [0.25, 0.3) is 5.91 Å². The second-order valence-corrected chi connectivity index (χ2v) is 7.33. The number of rotatable bonds is 11. The molecule has 2 rings (SSSR count). The van der Waals surface area contributed by atoms with Crippen LogP contribution in [0.2, 0.25) is 0 Å². The van der Waals surface area contributed by atoms with Gasteiger partial charge in [-0.05, 0) is 62.2 Å². The van der Waals surface area contributed by atoms with Crippen LogP contribution in [0.25, 0.3) is 0 Å².